The predicted octanol–water partition coefficient (Wildman–Crippen LogP) is 3.65. The molecule has 1 saturated heterocycles. The van der Waals surface area contributed by atoms with Crippen molar-refractivity contribution in [3.63, 3.8) is 0 Å². The van der Waals surface area contributed by atoms with Crippen LogP contribution in [0.25, 0.3) is 0 Å². The summed E-state index contributed by atoms with van der Waals surface area (Å²) in [5.41, 5.74) is 8.60. The maximum absolute atomic E-state index is 13.6. The Bertz CT molecular complexity index is 456. The number of hydrogen-bond acceptors (Lipinski definition) is 2. The predicted molar refractivity (Wildman–Crippen MR) is 82.1 cm³/mol. The van der Waals surface area contributed by atoms with Crippen molar-refractivity contribution in [3.05, 3.63) is 35.1 Å². The minimum Gasteiger partial charge on any atom is -0.329 e. The Morgan fingerprint density at radius 1 is 1.30 bits per heavy atom. The van der Waals surface area contributed by atoms with Crippen molar-refractivity contribution in [1.29, 1.82) is 0 Å². The molecule has 1 heterocycles. The molecule has 1 aromatic rings. The average Bonchev–Trinajstić information content (AvgIpc) is 2.56. The second kappa shape index (κ2) is 6.23. The van der Waals surface area contributed by atoms with Gasteiger partial charge in [0.25, 0.3) is 0 Å². The van der Waals surface area contributed by atoms with Gasteiger partial charge in [0.05, 0.1) is 0 Å². The second-order valence-corrected chi connectivity index (χ2v) is 6.81. The molecule has 0 aliphatic carbocycles. The SMILES string of the molecule is Cc1ccc(F)cc1C(CN)N1CCCC(C)(C)CC1. The summed E-state index contributed by atoms with van der Waals surface area (Å²) < 4.78 is 13.6. The quantitative estimate of drug-likeness (QED) is 0.914. The van der Waals surface area contributed by atoms with Crippen molar-refractivity contribution in [3.8, 4) is 0 Å². The van der Waals surface area contributed by atoms with Crippen molar-refractivity contribution in [1.82, 2.24) is 4.90 Å². The summed E-state index contributed by atoms with van der Waals surface area (Å²) in [6, 6.07) is 5.18. The van der Waals surface area contributed by atoms with E-state index in [-0.39, 0.29) is 11.9 Å². The molecule has 0 bridgehead atoms. The van der Waals surface area contributed by atoms with Gasteiger partial charge in [0, 0.05) is 12.6 Å². The summed E-state index contributed by atoms with van der Waals surface area (Å²) in [6.45, 7) is 9.36. The lowest BCUT2D eigenvalue weighted by molar-refractivity contribution is 0.199. The van der Waals surface area contributed by atoms with E-state index in [0.717, 1.165) is 24.2 Å². The molecule has 112 valence electrons. The topological polar surface area (TPSA) is 29.3 Å². The van der Waals surface area contributed by atoms with E-state index in [1.54, 1.807) is 6.07 Å². The van der Waals surface area contributed by atoms with Crippen LogP contribution >= 0.6 is 0 Å². The number of nitrogens with zero attached hydrogens (tertiary/aromatic N) is 1. The monoisotopic (exact) mass is 278 g/mol. The van der Waals surface area contributed by atoms with Crippen LogP contribution in [-0.2, 0) is 0 Å². The smallest absolute Gasteiger partial charge is 0.123 e. The molecule has 3 heteroatoms. The van der Waals surface area contributed by atoms with Gasteiger partial charge in [-0.05, 0) is 68.0 Å². The van der Waals surface area contributed by atoms with Gasteiger partial charge in [-0.3, -0.25) is 4.90 Å². The molecule has 1 unspecified atom stereocenters. The molecule has 2 rings (SSSR count). The van der Waals surface area contributed by atoms with Gasteiger partial charge in [0.1, 0.15) is 5.82 Å². The third kappa shape index (κ3) is 3.58. The molecule has 1 aliphatic rings. The summed E-state index contributed by atoms with van der Waals surface area (Å²) in [5, 5.41) is 0. The molecule has 1 aliphatic heterocycles. The Kier molecular flexibility index (Phi) is 4.82. The van der Waals surface area contributed by atoms with E-state index >= 15 is 0 Å². The Morgan fingerprint density at radius 2 is 2.05 bits per heavy atom. The van der Waals surface area contributed by atoms with Crippen LogP contribution in [0, 0.1) is 18.2 Å². The number of aryl methyl sites for hydroxylation is 1. The lowest BCUT2D eigenvalue weighted by Crippen LogP contribution is -2.35. The summed E-state index contributed by atoms with van der Waals surface area (Å²) in [7, 11) is 0. The fourth-order valence-electron chi connectivity index (χ4n) is 3.20. The van der Waals surface area contributed by atoms with Gasteiger partial charge in [-0.1, -0.05) is 19.9 Å². The molecular formula is C17H27FN2. The lowest BCUT2D eigenvalue weighted by atomic mass is 9.85. The number of benzene rings is 1. The highest BCUT2D eigenvalue weighted by molar-refractivity contribution is 5.30. The van der Waals surface area contributed by atoms with Gasteiger partial charge in [-0.15, -0.1) is 0 Å². The number of nitrogens with two attached hydrogens (primary N) is 1. The number of hydrogen-bond donors (Lipinski definition) is 1. The molecule has 20 heavy (non-hydrogen) atoms. The van der Waals surface area contributed by atoms with Gasteiger partial charge >= 0.3 is 0 Å². The largest absolute Gasteiger partial charge is 0.329 e. The van der Waals surface area contributed by atoms with E-state index in [0.29, 0.717) is 12.0 Å². The number of likely N-dealkylation sites (tertiary alicyclic amines) is 1. The van der Waals surface area contributed by atoms with Crippen LogP contribution in [0.2, 0.25) is 0 Å². The summed E-state index contributed by atoms with van der Waals surface area (Å²) in [6.07, 6.45) is 3.62. The van der Waals surface area contributed by atoms with E-state index < -0.39 is 0 Å². The zero-order valence-corrected chi connectivity index (χ0v) is 13.0. The first-order chi connectivity index (χ1) is 9.43. The van der Waals surface area contributed by atoms with Crippen molar-refractivity contribution in [2.75, 3.05) is 19.6 Å². The van der Waals surface area contributed by atoms with E-state index in [2.05, 4.69) is 18.7 Å². The molecule has 2 nitrogen and oxygen atoms in total. The highest BCUT2D eigenvalue weighted by atomic mass is 19.1. The molecule has 0 saturated carbocycles. The minimum atomic E-state index is -0.167. The fraction of sp³-hybridized carbons (Fsp3) is 0.647. The van der Waals surface area contributed by atoms with Gasteiger partial charge in [-0.25, -0.2) is 4.39 Å². The fourth-order valence-corrected chi connectivity index (χ4v) is 3.20. The number of halogens is 1. The molecule has 1 fully saturated rings. The molecule has 0 spiro atoms. The molecule has 2 N–H and O–H groups in total. The van der Waals surface area contributed by atoms with Crippen LogP contribution in [0.4, 0.5) is 4.39 Å². The molecule has 0 radical (unpaired) electrons. The average molecular weight is 278 g/mol. The van der Waals surface area contributed by atoms with Gasteiger partial charge in [0.15, 0.2) is 0 Å². The number of rotatable bonds is 3. The zero-order chi connectivity index (χ0) is 14.8. The van der Waals surface area contributed by atoms with Crippen molar-refractivity contribution in [2.24, 2.45) is 11.1 Å². The van der Waals surface area contributed by atoms with E-state index in [1.165, 1.54) is 25.3 Å². The van der Waals surface area contributed by atoms with Crippen LogP contribution in [-0.4, -0.2) is 24.5 Å². The molecule has 1 atom stereocenters. The Balaban J connectivity index is 2.21. The minimum absolute atomic E-state index is 0.139. The Hall–Kier alpha value is -0.930. The van der Waals surface area contributed by atoms with Crippen LogP contribution < -0.4 is 5.73 Å². The first-order valence-electron chi connectivity index (χ1n) is 7.63. The lowest BCUT2D eigenvalue weighted by Gasteiger charge is -2.31. The van der Waals surface area contributed by atoms with Crippen molar-refractivity contribution < 1.29 is 4.39 Å². The van der Waals surface area contributed by atoms with Gasteiger partial charge < -0.3 is 5.73 Å². The standard InChI is InChI=1S/C17H27FN2/c1-13-5-6-14(18)11-15(13)16(12-19)20-9-4-7-17(2,3)8-10-20/h5-6,11,16H,4,7-10,12,19H2,1-3H3. The molecular weight excluding hydrogens is 251 g/mol. The maximum atomic E-state index is 13.6. The summed E-state index contributed by atoms with van der Waals surface area (Å²) >= 11 is 0. The van der Waals surface area contributed by atoms with Gasteiger partial charge in [0.2, 0.25) is 0 Å². The Labute approximate surface area is 122 Å². The highest BCUT2D eigenvalue weighted by Gasteiger charge is 2.27. The third-order valence-corrected chi connectivity index (χ3v) is 4.64. The molecule has 0 amide bonds. The highest BCUT2D eigenvalue weighted by Crippen LogP contribution is 2.33. The first-order valence-corrected chi connectivity index (χ1v) is 7.63. The van der Waals surface area contributed by atoms with Crippen molar-refractivity contribution >= 4 is 0 Å². The van der Waals surface area contributed by atoms with E-state index in [4.69, 9.17) is 5.73 Å². The zero-order valence-electron chi connectivity index (χ0n) is 13.0. The molecule has 1 aromatic carbocycles. The van der Waals surface area contributed by atoms with Crippen LogP contribution in [0.3, 0.4) is 0 Å². The molecule has 0 aromatic heterocycles. The third-order valence-electron chi connectivity index (χ3n) is 4.64. The van der Waals surface area contributed by atoms with Gasteiger partial charge in [-0.2, -0.15) is 0 Å². The van der Waals surface area contributed by atoms with Crippen molar-refractivity contribution in [2.45, 2.75) is 46.1 Å². The normalized spacial score (nSPS) is 21.4. The first kappa shape index (κ1) is 15.5. The van der Waals surface area contributed by atoms with E-state index in [9.17, 15) is 4.39 Å². The van der Waals surface area contributed by atoms with Crippen LogP contribution in [0.5, 0.6) is 0 Å². The summed E-state index contributed by atoms with van der Waals surface area (Å²) in [4.78, 5) is 2.44. The Morgan fingerprint density at radius 3 is 2.75 bits per heavy atom. The maximum Gasteiger partial charge on any atom is 0.123 e. The second-order valence-electron chi connectivity index (χ2n) is 6.81. The van der Waals surface area contributed by atoms with Crippen LogP contribution in [0.1, 0.15) is 50.3 Å². The van der Waals surface area contributed by atoms with E-state index in [1.807, 2.05) is 13.0 Å². The summed E-state index contributed by atoms with van der Waals surface area (Å²) in [5.74, 6) is -0.167. The van der Waals surface area contributed by atoms with Crippen LogP contribution in [0.15, 0.2) is 18.2 Å².